The van der Waals surface area contributed by atoms with Crippen LogP contribution in [0.15, 0.2) is 17.2 Å². The summed E-state index contributed by atoms with van der Waals surface area (Å²) in [5, 5.41) is 6.52. The molecule has 1 aromatic heterocycles. The summed E-state index contributed by atoms with van der Waals surface area (Å²) in [5.74, 6) is 1.22. The smallest absolute Gasteiger partial charge is 0.293 e. The van der Waals surface area contributed by atoms with Crippen molar-refractivity contribution in [3.63, 3.8) is 0 Å². The van der Waals surface area contributed by atoms with E-state index in [1.807, 2.05) is 0 Å². The monoisotopic (exact) mass is 250 g/mol. The highest BCUT2D eigenvalue weighted by atomic mass is 16.1. The fourth-order valence-corrected chi connectivity index (χ4v) is 2.34. The van der Waals surface area contributed by atoms with Crippen LogP contribution in [0.25, 0.3) is 0 Å². The summed E-state index contributed by atoms with van der Waals surface area (Å²) in [5.41, 5.74) is -0.0103. The van der Waals surface area contributed by atoms with Crippen LogP contribution in [0.4, 0.5) is 5.82 Å². The predicted molar refractivity (Wildman–Crippen MR) is 72.9 cm³/mol. The minimum atomic E-state index is -0.0103. The average molecular weight is 250 g/mol. The van der Waals surface area contributed by atoms with Gasteiger partial charge in [-0.3, -0.25) is 4.79 Å². The van der Waals surface area contributed by atoms with Gasteiger partial charge in [0, 0.05) is 25.5 Å². The Hall–Kier alpha value is -1.36. The SMILES string of the molecule is CCCn1ccnc(NCCC2CCNC2)c1=O. The topological polar surface area (TPSA) is 59.0 Å². The van der Waals surface area contributed by atoms with Gasteiger partial charge in [0.05, 0.1) is 0 Å². The third-order valence-electron chi connectivity index (χ3n) is 3.39. The first-order chi connectivity index (χ1) is 8.81. The molecule has 5 heteroatoms. The Morgan fingerprint density at radius 3 is 3.22 bits per heavy atom. The first-order valence-electron chi connectivity index (χ1n) is 6.81. The van der Waals surface area contributed by atoms with Crippen molar-refractivity contribution in [1.29, 1.82) is 0 Å². The Labute approximate surface area is 108 Å². The van der Waals surface area contributed by atoms with E-state index in [1.165, 1.54) is 6.42 Å². The number of hydrogen-bond donors (Lipinski definition) is 2. The molecule has 0 radical (unpaired) electrons. The summed E-state index contributed by atoms with van der Waals surface area (Å²) in [6, 6.07) is 0. The zero-order valence-corrected chi connectivity index (χ0v) is 11.0. The molecule has 1 atom stereocenters. The Bertz CT molecular complexity index is 423. The number of anilines is 1. The maximum absolute atomic E-state index is 12.0. The molecule has 0 spiro atoms. The number of aromatic nitrogens is 2. The van der Waals surface area contributed by atoms with Crippen molar-refractivity contribution < 1.29 is 0 Å². The molecule has 1 aromatic rings. The third kappa shape index (κ3) is 3.32. The molecule has 1 fully saturated rings. The van der Waals surface area contributed by atoms with Crippen molar-refractivity contribution >= 4 is 5.82 Å². The van der Waals surface area contributed by atoms with E-state index in [0.29, 0.717) is 5.82 Å². The summed E-state index contributed by atoms with van der Waals surface area (Å²) in [6.07, 6.45) is 6.73. The Kier molecular flexibility index (Phi) is 4.75. The van der Waals surface area contributed by atoms with Gasteiger partial charge in [0.25, 0.3) is 5.56 Å². The molecule has 2 heterocycles. The second-order valence-electron chi connectivity index (χ2n) is 4.85. The Morgan fingerprint density at radius 1 is 1.61 bits per heavy atom. The summed E-state index contributed by atoms with van der Waals surface area (Å²) in [4.78, 5) is 16.1. The van der Waals surface area contributed by atoms with E-state index >= 15 is 0 Å². The number of nitrogens with one attached hydrogen (secondary N) is 2. The maximum atomic E-state index is 12.0. The molecule has 2 N–H and O–H groups in total. The maximum Gasteiger partial charge on any atom is 0.293 e. The van der Waals surface area contributed by atoms with Gasteiger partial charge in [-0.05, 0) is 38.3 Å². The Morgan fingerprint density at radius 2 is 2.50 bits per heavy atom. The highest BCUT2D eigenvalue weighted by molar-refractivity contribution is 5.30. The predicted octanol–water partition coefficient (Wildman–Crippen LogP) is 1.06. The minimum Gasteiger partial charge on any atom is -0.365 e. The standard InChI is InChI=1S/C13H22N4O/c1-2-8-17-9-7-16-12(13(17)18)15-6-4-11-3-5-14-10-11/h7,9,11,14H,2-6,8,10H2,1H3,(H,15,16). The van der Waals surface area contributed by atoms with Crippen LogP contribution in [0.5, 0.6) is 0 Å². The number of nitrogens with zero attached hydrogens (tertiary/aromatic N) is 2. The van der Waals surface area contributed by atoms with E-state index in [0.717, 1.165) is 44.9 Å². The van der Waals surface area contributed by atoms with Crippen molar-refractivity contribution in [2.75, 3.05) is 25.0 Å². The molecule has 0 amide bonds. The van der Waals surface area contributed by atoms with Gasteiger partial charge in [0.15, 0.2) is 5.82 Å². The Balaban J connectivity index is 1.88. The fourth-order valence-electron chi connectivity index (χ4n) is 2.34. The van der Waals surface area contributed by atoms with E-state index in [1.54, 1.807) is 17.0 Å². The molecule has 0 aromatic carbocycles. The lowest BCUT2D eigenvalue weighted by atomic mass is 10.1. The van der Waals surface area contributed by atoms with Gasteiger partial charge in [-0.2, -0.15) is 0 Å². The zero-order chi connectivity index (χ0) is 12.8. The van der Waals surface area contributed by atoms with Crippen LogP contribution < -0.4 is 16.2 Å². The molecule has 2 rings (SSSR count). The highest BCUT2D eigenvalue weighted by Crippen LogP contribution is 2.11. The number of hydrogen-bond acceptors (Lipinski definition) is 4. The van der Waals surface area contributed by atoms with Crippen LogP contribution in [0.1, 0.15) is 26.2 Å². The van der Waals surface area contributed by atoms with Crippen molar-refractivity contribution in [1.82, 2.24) is 14.9 Å². The van der Waals surface area contributed by atoms with Crippen molar-refractivity contribution in [3.05, 3.63) is 22.7 Å². The van der Waals surface area contributed by atoms with E-state index < -0.39 is 0 Å². The molecule has 1 aliphatic heterocycles. The van der Waals surface area contributed by atoms with Crippen LogP contribution in [0.2, 0.25) is 0 Å². The number of aryl methyl sites for hydroxylation is 1. The summed E-state index contributed by atoms with van der Waals surface area (Å²) in [6.45, 7) is 5.86. The zero-order valence-electron chi connectivity index (χ0n) is 11.0. The molecule has 1 saturated heterocycles. The van der Waals surface area contributed by atoms with E-state index in [-0.39, 0.29) is 5.56 Å². The lowest BCUT2D eigenvalue weighted by Crippen LogP contribution is -2.25. The normalized spacial score (nSPS) is 19.1. The van der Waals surface area contributed by atoms with Crippen LogP contribution in [0.3, 0.4) is 0 Å². The largest absolute Gasteiger partial charge is 0.365 e. The van der Waals surface area contributed by atoms with Gasteiger partial charge in [-0.1, -0.05) is 6.92 Å². The molecule has 0 aliphatic carbocycles. The second-order valence-corrected chi connectivity index (χ2v) is 4.85. The fraction of sp³-hybridized carbons (Fsp3) is 0.692. The molecular weight excluding hydrogens is 228 g/mol. The lowest BCUT2D eigenvalue weighted by molar-refractivity contribution is 0.548. The molecular formula is C13H22N4O. The van der Waals surface area contributed by atoms with Crippen LogP contribution in [-0.2, 0) is 6.54 Å². The first kappa shape index (κ1) is 13.1. The van der Waals surface area contributed by atoms with Gasteiger partial charge < -0.3 is 15.2 Å². The van der Waals surface area contributed by atoms with Gasteiger partial charge >= 0.3 is 0 Å². The molecule has 0 saturated carbocycles. The quantitative estimate of drug-likeness (QED) is 0.793. The molecule has 1 unspecified atom stereocenters. The molecule has 1 aliphatic rings. The van der Waals surface area contributed by atoms with Gasteiger partial charge in [0.1, 0.15) is 0 Å². The van der Waals surface area contributed by atoms with Gasteiger partial charge in [-0.25, -0.2) is 4.98 Å². The van der Waals surface area contributed by atoms with Crippen LogP contribution in [0, 0.1) is 5.92 Å². The van der Waals surface area contributed by atoms with Crippen molar-refractivity contribution in [2.45, 2.75) is 32.7 Å². The second kappa shape index (κ2) is 6.54. The number of rotatable bonds is 6. The molecule has 0 bridgehead atoms. The van der Waals surface area contributed by atoms with Gasteiger partial charge in [0.2, 0.25) is 0 Å². The summed E-state index contributed by atoms with van der Waals surface area (Å²) >= 11 is 0. The first-order valence-corrected chi connectivity index (χ1v) is 6.81. The van der Waals surface area contributed by atoms with Crippen LogP contribution >= 0.6 is 0 Å². The average Bonchev–Trinajstić information content (AvgIpc) is 2.87. The molecule has 18 heavy (non-hydrogen) atoms. The van der Waals surface area contributed by atoms with E-state index in [2.05, 4.69) is 22.5 Å². The highest BCUT2D eigenvalue weighted by Gasteiger charge is 2.14. The van der Waals surface area contributed by atoms with Crippen LogP contribution in [-0.4, -0.2) is 29.2 Å². The summed E-state index contributed by atoms with van der Waals surface area (Å²) in [7, 11) is 0. The van der Waals surface area contributed by atoms with E-state index in [4.69, 9.17) is 0 Å². The lowest BCUT2D eigenvalue weighted by Gasteiger charge is -2.10. The summed E-state index contributed by atoms with van der Waals surface area (Å²) < 4.78 is 1.71. The molecule has 100 valence electrons. The van der Waals surface area contributed by atoms with Crippen molar-refractivity contribution in [3.8, 4) is 0 Å². The van der Waals surface area contributed by atoms with Gasteiger partial charge in [-0.15, -0.1) is 0 Å². The molecule has 5 nitrogen and oxygen atoms in total. The minimum absolute atomic E-state index is 0.0103. The third-order valence-corrected chi connectivity index (χ3v) is 3.39. The van der Waals surface area contributed by atoms with E-state index in [9.17, 15) is 4.79 Å². The van der Waals surface area contributed by atoms with Crippen molar-refractivity contribution in [2.24, 2.45) is 5.92 Å².